The van der Waals surface area contributed by atoms with Crippen molar-refractivity contribution in [2.45, 2.75) is 57.7 Å². The largest absolute Gasteiger partial charge is 0.395 e. The molecule has 3 aliphatic rings. The van der Waals surface area contributed by atoms with Gasteiger partial charge in [0.25, 0.3) is 11.8 Å². The summed E-state index contributed by atoms with van der Waals surface area (Å²) in [5.74, 6) is -2.36. The van der Waals surface area contributed by atoms with Crippen LogP contribution in [0.25, 0.3) is 10.8 Å². The summed E-state index contributed by atoms with van der Waals surface area (Å²) in [6.45, 7) is 5.17. The minimum Gasteiger partial charge on any atom is -0.395 e. The summed E-state index contributed by atoms with van der Waals surface area (Å²) in [5.41, 5.74) is 1.40. The van der Waals surface area contributed by atoms with Crippen molar-refractivity contribution in [3.8, 4) is 0 Å². The van der Waals surface area contributed by atoms with Crippen molar-refractivity contribution in [2.75, 3.05) is 23.0 Å². The zero-order valence-corrected chi connectivity index (χ0v) is 30.0. The minimum absolute atomic E-state index is 0.0970. The molecule has 3 aliphatic heterocycles. The Morgan fingerprint density at radius 3 is 2.25 bits per heavy atom. The minimum atomic E-state index is -1.83. The summed E-state index contributed by atoms with van der Waals surface area (Å²) in [5, 5.41) is 11.7. The molecule has 3 heterocycles. The van der Waals surface area contributed by atoms with E-state index in [9.17, 15) is 14.7 Å². The van der Waals surface area contributed by atoms with Crippen LogP contribution >= 0.6 is 0 Å². The van der Waals surface area contributed by atoms with Crippen molar-refractivity contribution in [1.29, 1.82) is 0 Å². The van der Waals surface area contributed by atoms with Crippen LogP contribution in [0.1, 0.15) is 54.2 Å². The molecule has 8 nitrogen and oxygen atoms in total. The SMILES string of the molecule is C[C@H]1[C@H](C(C)(C)F)[C@@H](CC(=O)N(CCO)Cc2ccccc2)O[C@]12C(=O)N(Cc1ccccc1)c1ccc(N3C(=O)c4cccc5cccc3c45)cc12. The molecule has 1 saturated heterocycles. The van der Waals surface area contributed by atoms with Crippen molar-refractivity contribution in [3.63, 3.8) is 0 Å². The Hall–Kier alpha value is -5.38. The summed E-state index contributed by atoms with van der Waals surface area (Å²) in [6, 6.07) is 36.2. The summed E-state index contributed by atoms with van der Waals surface area (Å²) < 4.78 is 23.5. The second-order valence-electron chi connectivity index (χ2n) is 14.9. The number of hydrogen-bond acceptors (Lipinski definition) is 5. The number of halogens is 1. The second kappa shape index (κ2) is 13.2. The van der Waals surface area contributed by atoms with Crippen LogP contribution in [0.3, 0.4) is 0 Å². The monoisotopic (exact) mass is 711 g/mol. The molecule has 0 aromatic heterocycles. The maximum atomic E-state index is 16.6. The van der Waals surface area contributed by atoms with Gasteiger partial charge in [0.1, 0.15) is 5.67 Å². The number of benzene rings is 5. The number of alkyl halides is 1. The van der Waals surface area contributed by atoms with E-state index < -0.39 is 29.2 Å². The number of anilines is 3. The van der Waals surface area contributed by atoms with Crippen LogP contribution < -0.4 is 9.80 Å². The fourth-order valence-corrected chi connectivity index (χ4v) is 8.99. The number of fused-ring (bicyclic) bond motifs is 2. The van der Waals surface area contributed by atoms with E-state index in [2.05, 4.69) is 0 Å². The van der Waals surface area contributed by atoms with Gasteiger partial charge in [0, 0.05) is 41.6 Å². The van der Waals surface area contributed by atoms with Crippen molar-refractivity contribution >= 4 is 45.6 Å². The number of ether oxygens (including phenoxy) is 1. The van der Waals surface area contributed by atoms with Gasteiger partial charge in [0.2, 0.25) is 5.91 Å². The van der Waals surface area contributed by atoms with Gasteiger partial charge in [-0.05, 0) is 60.7 Å². The maximum Gasteiger partial charge on any atom is 0.264 e. The van der Waals surface area contributed by atoms with Gasteiger partial charge in [-0.25, -0.2) is 4.39 Å². The Morgan fingerprint density at radius 2 is 1.57 bits per heavy atom. The third-order valence-corrected chi connectivity index (χ3v) is 11.3. The van der Waals surface area contributed by atoms with Crippen molar-refractivity contribution < 1.29 is 28.6 Å². The van der Waals surface area contributed by atoms with Gasteiger partial charge in [0.15, 0.2) is 5.60 Å². The van der Waals surface area contributed by atoms with E-state index in [1.54, 1.807) is 14.7 Å². The molecule has 0 unspecified atom stereocenters. The first-order valence-electron chi connectivity index (χ1n) is 18.2. The first-order chi connectivity index (χ1) is 25.5. The quantitative estimate of drug-likeness (QED) is 0.161. The number of amides is 3. The Kier molecular flexibility index (Phi) is 8.66. The van der Waals surface area contributed by atoms with E-state index in [-0.39, 0.29) is 50.4 Å². The predicted molar refractivity (Wildman–Crippen MR) is 202 cm³/mol. The molecule has 5 aromatic carbocycles. The second-order valence-corrected chi connectivity index (χ2v) is 14.9. The zero-order valence-electron chi connectivity index (χ0n) is 30.0. The Labute approximate surface area is 308 Å². The topological polar surface area (TPSA) is 90.4 Å². The molecule has 1 N–H and O–H groups in total. The van der Waals surface area contributed by atoms with Crippen molar-refractivity contribution in [2.24, 2.45) is 11.8 Å². The third-order valence-electron chi connectivity index (χ3n) is 11.3. The number of carbonyl (C=O) groups excluding carboxylic acids is 3. The first kappa shape index (κ1) is 34.7. The molecule has 270 valence electrons. The van der Waals surface area contributed by atoms with Gasteiger partial charge in [-0.2, -0.15) is 0 Å². The molecule has 9 heteroatoms. The first-order valence-corrected chi connectivity index (χ1v) is 18.2. The lowest BCUT2D eigenvalue weighted by Gasteiger charge is -2.33. The fourth-order valence-electron chi connectivity index (χ4n) is 8.99. The molecule has 53 heavy (non-hydrogen) atoms. The zero-order chi connectivity index (χ0) is 37.1. The molecule has 8 rings (SSSR count). The summed E-state index contributed by atoms with van der Waals surface area (Å²) in [6.07, 6.45) is -1.14. The highest BCUT2D eigenvalue weighted by Crippen LogP contribution is 2.59. The molecular weight excluding hydrogens is 669 g/mol. The number of aliphatic hydroxyl groups is 1. The third kappa shape index (κ3) is 5.70. The normalized spacial score (nSPS) is 21.9. The number of aliphatic hydroxyl groups excluding tert-OH is 1. The molecule has 4 atom stereocenters. The van der Waals surface area contributed by atoms with E-state index in [0.717, 1.165) is 27.6 Å². The number of carbonyl (C=O) groups is 3. The van der Waals surface area contributed by atoms with Crippen LogP contribution in [0.5, 0.6) is 0 Å². The van der Waals surface area contributed by atoms with Crippen LogP contribution in [0, 0.1) is 11.8 Å². The van der Waals surface area contributed by atoms with Crippen molar-refractivity contribution in [3.05, 3.63) is 138 Å². The Morgan fingerprint density at radius 1 is 0.887 bits per heavy atom. The van der Waals surface area contributed by atoms with E-state index in [4.69, 9.17) is 4.74 Å². The average Bonchev–Trinajstić information content (AvgIpc) is 3.70. The molecule has 1 spiro atoms. The molecule has 0 bridgehead atoms. The standard InChI is InChI=1S/C44H42FN3O5/c1-28-40(43(2,3)45)37(25-38(50)46(22-23-49)26-29-12-6-4-7-13-29)53-44(28)34-24-32(20-21-35(34)47(42(44)52)27-30-14-8-5-9-15-30)48-36-19-11-17-31-16-10-18-33(39(31)36)41(48)51/h4-21,24,28,37,40,49H,22-23,25-27H2,1-3H3/t28-,37+,40-,44+/m0/s1. The van der Waals surface area contributed by atoms with Crippen LogP contribution in [-0.4, -0.2) is 52.7 Å². The molecule has 0 aliphatic carbocycles. The van der Waals surface area contributed by atoms with E-state index in [1.807, 2.05) is 122 Å². The van der Waals surface area contributed by atoms with Crippen LogP contribution in [0.4, 0.5) is 21.5 Å². The molecule has 3 amide bonds. The Bertz CT molecular complexity index is 2220. The Balaban J connectivity index is 1.22. The molecule has 0 radical (unpaired) electrons. The van der Waals surface area contributed by atoms with Crippen LogP contribution in [-0.2, 0) is 33.0 Å². The summed E-state index contributed by atoms with van der Waals surface area (Å²) in [7, 11) is 0. The van der Waals surface area contributed by atoms with Gasteiger partial charge in [-0.1, -0.05) is 91.9 Å². The number of nitrogens with zero attached hydrogens (tertiary/aromatic N) is 3. The summed E-state index contributed by atoms with van der Waals surface area (Å²) in [4.78, 5) is 48.1. The predicted octanol–water partition coefficient (Wildman–Crippen LogP) is 7.68. The maximum absolute atomic E-state index is 16.6. The highest BCUT2D eigenvalue weighted by atomic mass is 19.1. The number of rotatable bonds is 10. The van der Waals surface area contributed by atoms with Gasteiger partial charge in [0.05, 0.1) is 42.6 Å². The van der Waals surface area contributed by atoms with Gasteiger partial charge < -0.3 is 19.6 Å². The van der Waals surface area contributed by atoms with Crippen LogP contribution in [0.2, 0.25) is 0 Å². The van der Waals surface area contributed by atoms with E-state index in [0.29, 0.717) is 22.5 Å². The highest BCUT2D eigenvalue weighted by Gasteiger charge is 2.66. The molecule has 1 fully saturated rings. The van der Waals surface area contributed by atoms with Crippen molar-refractivity contribution in [1.82, 2.24) is 4.90 Å². The summed E-state index contributed by atoms with van der Waals surface area (Å²) >= 11 is 0. The average molecular weight is 712 g/mol. The van der Waals surface area contributed by atoms with Gasteiger partial charge in [-0.3, -0.25) is 19.3 Å². The van der Waals surface area contributed by atoms with Crippen LogP contribution in [0.15, 0.2) is 115 Å². The number of hydrogen-bond donors (Lipinski definition) is 1. The lowest BCUT2D eigenvalue weighted by Crippen LogP contribution is -2.45. The van der Waals surface area contributed by atoms with E-state index in [1.165, 1.54) is 13.8 Å². The molecule has 5 aromatic rings. The fraction of sp³-hybridized carbons (Fsp3) is 0.295. The molecular formula is C44H42FN3O5. The smallest absolute Gasteiger partial charge is 0.264 e. The van der Waals surface area contributed by atoms with Gasteiger partial charge >= 0.3 is 0 Å². The molecule has 0 saturated carbocycles. The lowest BCUT2D eigenvalue weighted by atomic mass is 9.71. The van der Waals surface area contributed by atoms with E-state index >= 15 is 9.18 Å². The van der Waals surface area contributed by atoms with Gasteiger partial charge in [-0.15, -0.1) is 0 Å². The lowest BCUT2D eigenvalue weighted by molar-refractivity contribution is -0.150. The highest BCUT2D eigenvalue weighted by molar-refractivity contribution is 6.28.